The van der Waals surface area contributed by atoms with Crippen LogP contribution < -0.4 is 9.47 Å². The van der Waals surface area contributed by atoms with Crippen LogP contribution in [-0.4, -0.2) is 44.7 Å². The summed E-state index contributed by atoms with van der Waals surface area (Å²) >= 11 is 6.23. The minimum Gasteiger partial charge on any atom is -0.472 e. The van der Waals surface area contributed by atoms with Crippen LogP contribution >= 0.6 is 11.6 Å². The van der Waals surface area contributed by atoms with E-state index in [4.69, 9.17) is 32.4 Å². The zero-order chi connectivity index (χ0) is 23.0. The second-order valence-electron chi connectivity index (χ2n) is 9.02. The Balaban J connectivity index is 1.49. The van der Waals surface area contributed by atoms with Gasteiger partial charge in [0.05, 0.1) is 23.2 Å². The third kappa shape index (κ3) is 4.44. The first-order valence-corrected chi connectivity index (χ1v) is 10.9. The van der Waals surface area contributed by atoms with Crippen LogP contribution in [0.2, 0.25) is 5.02 Å². The smallest absolute Gasteiger partial charge is 0.410 e. The van der Waals surface area contributed by atoms with Crippen LogP contribution in [0.15, 0.2) is 24.5 Å². The molecule has 2 saturated heterocycles. The van der Waals surface area contributed by atoms with Gasteiger partial charge in [0, 0.05) is 12.5 Å². The lowest BCUT2D eigenvalue weighted by atomic mass is 9.98. The molecule has 3 atom stereocenters. The van der Waals surface area contributed by atoms with Crippen LogP contribution in [0.1, 0.15) is 45.6 Å². The van der Waals surface area contributed by atoms with Crippen molar-refractivity contribution in [1.82, 2.24) is 14.9 Å². The van der Waals surface area contributed by atoms with Crippen molar-refractivity contribution in [2.75, 3.05) is 0 Å². The van der Waals surface area contributed by atoms with E-state index in [1.54, 1.807) is 18.2 Å². The average molecular weight is 457 g/mol. The fourth-order valence-corrected chi connectivity index (χ4v) is 4.40. The standard InChI is InChI=1S/C23H25ClN4O4/c1-13-20(30-18-9-6-14(25-5)10-16(18)24)26-12-27-21(13)31-19-11-15-7-8-17(19)28(15)22(29)32-23(2,3)4/h6,9-10,12,15,17,19H,7-8,11H2,1-4H3/t15?,17?,19-/m0/s1. The van der Waals surface area contributed by atoms with Crippen molar-refractivity contribution in [3.63, 3.8) is 0 Å². The van der Waals surface area contributed by atoms with Crippen molar-refractivity contribution in [1.29, 1.82) is 0 Å². The van der Waals surface area contributed by atoms with Gasteiger partial charge >= 0.3 is 6.09 Å². The van der Waals surface area contributed by atoms with Crippen LogP contribution in [0.3, 0.4) is 0 Å². The summed E-state index contributed by atoms with van der Waals surface area (Å²) in [4.78, 5) is 26.4. The molecule has 2 bridgehead atoms. The predicted octanol–water partition coefficient (Wildman–Crippen LogP) is 5.70. The molecule has 9 heteroatoms. The molecule has 0 radical (unpaired) electrons. The molecule has 8 nitrogen and oxygen atoms in total. The van der Waals surface area contributed by atoms with Gasteiger partial charge in [-0.05, 0) is 52.7 Å². The Labute approximate surface area is 192 Å². The number of carbonyl (C=O) groups is 1. The molecule has 0 aliphatic carbocycles. The molecular weight excluding hydrogens is 432 g/mol. The minimum atomic E-state index is -0.542. The summed E-state index contributed by atoms with van der Waals surface area (Å²) in [6, 6.07) is 4.86. The summed E-state index contributed by atoms with van der Waals surface area (Å²) in [6.45, 7) is 14.5. The van der Waals surface area contributed by atoms with E-state index in [1.807, 2.05) is 32.6 Å². The van der Waals surface area contributed by atoms with E-state index in [9.17, 15) is 4.79 Å². The molecule has 1 amide bonds. The second kappa shape index (κ2) is 8.47. The van der Waals surface area contributed by atoms with Crippen LogP contribution in [0.4, 0.5) is 10.5 Å². The number of hydrogen-bond donors (Lipinski definition) is 0. The SMILES string of the molecule is [C-]#[N+]c1ccc(Oc2ncnc(O[C@H]3CC4CCC3N4C(=O)OC(C)(C)C)c2C)c(Cl)c1. The summed E-state index contributed by atoms with van der Waals surface area (Å²) in [5.41, 5.74) is 0.514. The Morgan fingerprint density at radius 3 is 2.69 bits per heavy atom. The molecule has 1 aromatic heterocycles. The van der Waals surface area contributed by atoms with Gasteiger partial charge in [0.2, 0.25) is 11.8 Å². The monoisotopic (exact) mass is 456 g/mol. The quantitative estimate of drug-likeness (QED) is 0.549. The molecular formula is C23H25ClN4O4. The van der Waals surface area contributed by atoms with E-state index in [-0.39, 0.29) is 24.3 Å². The number of carbonyl (C=O) groups excluding carboxylic acids is 1. The predicted molar refractivity (Wildman–Crippen MR) is 118 cm³/mol. The molecule has 0 N–H and O–H groups in total. The van der Waals surface area contributed by atoms with Gasteiger partial charge in [-0.2, -0.15) is 0 Å². The largest absolute Gasteiger partial charge is 0.472 e. The maximum atomic E-state index is 12.7. The lowest BCUT2D eigenvalue weighted by Gasteiger charge is -2.28. The molecule has 2 fully saturated rings. The number of halogens is 1. The lowest BCUT2D eigenvalue weighted by Crippen LogP contribution is -2.42. The van der Waals surface area contributed by atoms with E-state index >= 15 is 0 Å². The van der Waals surface area contributed by atoms with Crippen LogP contribution in [0.25, 0.3) is 4.85 Å². The van der Waals surface area contributed by atoms with Gasteiger partial charge in [0.1, 0.15) is 23.8 Å². The van der Waals surface area contributed by atoms with Crippen molar-refractivity contribution in [3.8, 4) is 17.5 Å². The van der Waals surface area contributed by atoms with E-state index in [0.717, 1.165) is 19.3 Å². The van der Waals surface area contributed by atoms with E-state index in [2.05, 4.69) is 14.8 Å². The van der Waals surface area contributed by atoms with Crippen molar-refractivity contribution in [2.24, 2.45) is 0 Å². The molecule has 168 valence electrons. The van der Waals surface area contributed by atoms with Crippen LogP contribution in [0.5, 0.6) is 17.5 Å². The first-order valence-electron chi connectivity index (χ1n) is 10.5. The summed E-state index contributed by atoms with van der Waals surface area (Å²) < 4.78 is 17.7. The summed E-state index contributed by atoms with van der Waals surface area (Å²) in [6.07, 6.45) is 3.44. The van der Waals surface area contributed by atoms with E-state index in [0.29, 0.717) is 33.8 Å². The Morgan fingerprint density at radius 2 is 2.00 bits per heavy atom. The third-order valence-electron chi connectivity index (χ3n) is 5.59. The third-order valence-corrected chi connectivity index (χ3v) is 5.89. The number of ether oxygens (including phenoxy) is 3. The Bertz CT molecular complexity index is 1080. The first-order chi connectivity index (χ1) is 15.2. The zero-order valence-electron chi connectivity index (χ0n) is 18.5. The first kappa shape index (κ1) is 22.2. The van der Waals surface area contributed by atoms with Gasteiger partial charge in [-0.25, -0.2) is 19.6 Å². The number of aromatic nitrogens is 2. The molecule has 0 saturated carbocycles. The maximum absolute atomic E-state index is 12.7. The van der Waals surface area contributed by atoms with Crippen LogP contribution in [0, 0.1) is 13.5 Å². The maximum Gasteiger partial charge on any atom is 0.410 e. The number of rotatable bonds is 4. The fraction of sp³-hybridized carbons (Fsp3) is 0.478. The van der Waals surface area contributed by atoms with Crippen LogP contribution in [-0.2, 0) is 4.74 Å². The molecule has 4 rings (SSSR count). The molecule has 32 heavy (non-hydrogen) atoms. The second-order valence-corrected chi connectivity index (χ2v) is 9.42. The normalized spacial score (nSPS) is 21.9. The van der Waals surface area contributed by atoms with Crippen molar-refractivity contribution in [2.45, 2.75) is 70.7 Å². The van der Waals surface area contributed by atoms with Crippen molar-refractivity contribution < 1.29 is 19.0 Å². The minimum absolute atomic E-state index is 0.0517. The van der Waals surface area contributed by atoms with Gasteiger partial charge in [0.15, 0.2) is 5.69 Å². The highest BCUT2D eigenvalue weighted by molar-refractivity contribution is 6.32. The van der Waals surface area contributed by atoms with Gasteiger partial charge < -0.3 is 14.2 Å². The Kier molecular flexibility index (Phi) is 5.87. The summed E-state index contributed by atoms with van der Waals surface area (Å²) in [7, 11) is 0. The topological polar surface area (TPSA) is 78.1 Å². The van der Waals surface area contributed by atoms with Gasteiger partial charge in [0.25, 0.3) is 0 Å². The fourth-order valence-electron chi connectivity index (χ4n) is 4.19. The summed E-state index contributed by atoms with van der Waals surface area (Å²) in [5.74, 6) is 1.12. The Hall–Kier alpha value is -3.05. The highest BCUT2D eigenvalue weighted by atomic mass is 35.5. The Morgan fingerprint density at radius 1 is 1.25 bits per heavy atom. The average Bonchev–Trinajstić information content (AvgIpc) is 3.29. The molecule has 0 spiro atoms. The molecule has 2 aromatic rings. The lowest BCUT2D eigenvalue weighted by molar-refractivity contribution is 0.0180. The van der Waals surface area contributed by atoms with Crippen molar-refractivity contribution >= 4 is 23.4 Å². The molecule has 3 heterocycles. The van der Waals surface area contributed by atoms with Gasteiger partial charge in [-0.3, -0.25) is 4.90 Å². The number of fused-ring (bicyclic) bond motifs is 2. The highest BCUT2D eigenvalue weighted by Crippen LogP contribution is 2.41. The van der Waals surface area contributed by atoms with Gasteiger partial charge in [-0.15, -0.1) is 0 Å². The highest BCUT2D eigenvalue weighted by Gasteiger charge is 2.51. The number of hydrogen-bond acceptors (Lipinski definition) is 6. The molecule has 1 aromatic carbocycles. The summed E-state index contributed by atoms with van der Waals surface area (Å²) in [5, 5.41) is 0.320. The van der Waals surface area contributed by atoms with E-state index < -0.39 is 5.60 Å². The number of benzene rings is 1. The molecule has 2 aliphatic rings. The van der Waals surface area contributed by atoms with Gasteiger partial charge in [-0.1, -0.05) is 17.7 Å². The number of amides is 1. The van der Waals surface area contributed by atoms with E-state index in [1.165, 1.54) is 6.33 Å². The molecule has 2 unspecified atom stereocenters. The molecule has 2 aliphatic heterocycles. The zero-order valence-corrected chi connectivity index (χ0v) is 19.2. The number of nitrogens with zero attached hydrogens (tertiary/aromatic N) is 4. The van der Waals surface area contributed by atoms with Crippen molar-refractivity contribution in [3.05, 3.63) is 46.5 Å².